The number of anilines is 1. The van der Waals surface area contributed by atoms with E-state index in [1.165, 1.54) is 0 Å². The number of carbonyl (C=O) groups is 1. The first-order chi connectivity index (χ1) is 12.4. The van der Waals surface area contributed by atoms with Crippen LogP contribution in [0, 0.1) is 12.8 Å². The Hall–Kier alpha value is -1.26. The highest BCUT2D eigenvalue weighted by Gasteiger charge is 2.26. The monoisotopic (exact) mass is 410 g/mol. The Morgan fingerprint density at radius 3 is 2.62 bits per heavy atom. The van der Waals surface area contributed by atoms with Crippen molar-refractivity contribution in [3.8, 4) is 0 Å². The van der Waals surface area contributed by atoms with E-state index in [1.807, 2.05) is 31.2 Å². The lowest BCUT2D eigenvalue weighted by molar-refractivity contribution is -0.121. The number of nitrogens with zero attached hydrogens (tertiary/aromatic N) is 1. The number of nitrogens with one attached hydrogen (secondary N) is 1. The Morgan fingerprint density at radius 2 is 1.88 bits per heavy atom. The van der Waals surface area contributed by atoms with Gasteiger partial charge in [0.1, 0.15) is 0 Å². The van der Waals surface area contributed by atoms with Crippen molar-refractivity contribution in [1.29, 1.82) is 0 Å². The molecule has 0 aliphatic carbocycles. The molecule has 3 nitrogen and oxygen atoms in total. The molecule has 2 aromatic carbocycles. The zero-order valence-corrected chi connectivity index (χ0v) is 16.8. The number of rotatable bonds is 4. The summed E-state index contributed by atoms with van der Waals surface area (Å²) in [7, 11) is 0. The fourth-order valence-electron chi connectivity index (χ4n) is 3.31. The van der Waals surface area contributed by atoms with E-state index in [-0.39, 0.29) is 11.8 Å². The largest absolute Gasteiger partial charge is 0.326 e. The minimum atomic E-state index is -0.0371. The molecule has 0 bridgehead atoms. The second kappa shape index (κ2) is 8.62. The van der Waals surface area contributed by atoms with Gasteiger partial charge in [-0.3, -0.25) is 9.69 Å². The minimum Gasteiger partial charge on any atom is -0.326 e. The van der Waals surface area contributed by atoms with Gasteiger partial charge in [-0.2, -0.15) is 0 Å². The quantitative estimate of drug-likeness (QED) is 0.689. The number of halogens is 3. The van der Waals surface area contributed by atoms with Crippen LogP contribution in [0.1, 0.15) is 24.0 Å². The van der Waals surface area contributed by atoms with Gasteiger partial charge in [0.05, 0.1) is 5.92 Å². The summed E-state index contributed by atoms with van der Waals surface area (Å²) in [6.07, 6.45) is 1.88. The van der Waals surface area contributed by atoms with Crippen LogP contribution in [0.5, 0.6) is 0 Å². The summed E-state index contributed by atoms with van der Waals surface area (Å²) in [5.41, 5.74) is 2.81. The Morgan fingerprint density at radius 1 is 1.15 bits per heavy atom. The predicted octanol–water partition coefficient (Wildman–Crippen LogP) is 5.81. The van der Waals surface area contributed by atoms with Crippen LogP contribution in [0.2, 0.25) is 15.1 Å². The van der Waals surface area contributed by atoms with Crippen molar-refractivity contribution in [2.75, 3.05) is 18.4 Å². The molecule has 26 heavy (non-hydrogen) atoms. The molecule has 0 spiro atoms. The van der Waals surface area contributed by atoms with Gasteiger partial charge >= 0.3 is 0 Å². The number of carbonyl (C=O) groups excluding carboxylic acids is 1. The van der Waals surface area contributed by atoms with Gasteiger partial charge in [0.15, 0.2) is 0 Å². The molecule has 0 unspecified atom stereocenters. The number of piperidine rings is 1. The predicted molar refractivity (Wildman–Crippen MR) is 109 cm³/mol. The van der Waals surface area contributed by atoms with Crippen LogP contribution in [0.15, 0.2) is 36.4 Å². The number of amides is 1. The number of benzene rings is 2. The summed E-state index contributed by atoms with van der Waals surface area (Å²) in [6, 6.07) is 11.1. The maximum Gasteiger partial charge on any atom is 0.228 e. The van der Waals surface area contributed by atoms with Crippen LogP contribution in [0.4, 0.5) is 5.69 Å². The molecule has 1 amide bonds. The molecule has 1 saturated heterocycles. The van der Waals surface area contributed by atoms with E-state index in [4.69, 9.17) is 34.8 Å². The topological polar surface area (TPSA) is 32.3 Å². The average Bonchev–Trinajstić information content (AvgIpc) is 2.60. The first kappa shape index (κ1) is 19.5. The third-order valence-electron chi connectivity index (χ3n) is 4.73. The molecule has 0 radical (unpaired) electrons. The molecule has 2 aromatic rings. The molecule has 1 N–H and O–H groups in total. The molecular formula is C20H21Cl3N2O. The average molecular weight is 412 g/mol. The Bertz CT molecular complexity index is 810. The number of aryl methyl sites for hydroxylation is 1. The number of likely N-dealkylation sites (tertiary alicyclic amines) is 1. The molecule has 1 atom stereocenters. The maximum atomic E-state index is 12.7. The van der Waals surface area contributed by atoms with Gasteiger partial charge in [0.25, 0.3) is 0 Å². The van der Waals surface area contributed by atoms with Gasteiger partial charge in [0, 0.05) is 33.8 Å². The summed E-state index contributed by atoms with van der Waals surface area (Å²) in [5, 5.41) is 5.01. The van der Waals surface area contributed by atoms with E-state index >= 15 is 0 Å². The lowest BCUT2D eigenvalue weighted by atomic mass is 9.96. The van der Waals surface area contributed by atoms with Crippen molar-refractivity contribution < 1.29 is 4.79 Å². The number of hydrogen-bond acceptors (Lipinski definition) is 2. The van der Waals surface area contributed by atoms with Crippen molar-refractivity contribution >= 4 is 46.4 Å². The normalized spacial score (nSPS) is 17.9. The van der Waals surface area contributed by atoms with Gasteiger partial charge in [-0.25, -0.2) is 0 Å². The van der Waals surface area contributed by atoms with E-state index in [0.717, 1.165) is 49.3 Å². The molecule has 1 heterocycles. The summed E-state index contributed by atoms with van der Waals surface area (Å²) in [4.78, 5) is 15.0. The Balaban J connectivity index is 1.63. The van der Waals surface area contributed by atoms with Crippen molar-refractivity contribution in [2.45, 2.75) is 26.3 Å². The standard InChI is InChI=1S/C20H21Cl3N2O/c1-13-9-16(21)6-7-19(13)24-20(26)15-3-2-8-25(12-15)11-14-4-5-17(22)10-18(14)23/h4-7,9-10,15H,2-3,8,11-12H2,1H3,(H,24,26)/t15-/m1/s1. The van der Waals surface area contributed by atoms with Gasteiger partial charge in [-0.15, -0.1) is 0 Å². The fourth-order valence-corrected chi connectivity index (χ4v) is 4.00. The van der Waals surface area contributed by atoms with E-state index in [0.29, 0.717) is 15.1 Å². The van der Waals surface area contributed by atoms with Gasteiger partial charge in [0.2, 0.25) is 5.91 Å². The molecule has 1 aliphatic heterocycles. The second-order valence-corrected chi connectivity index (χ2v) is 8.04. The SMILES string of the molecule is Cc1cc(Cl)ccc1NC(=O)[C@@H]1CCCN(Cc2ccc(Cl)cc2Cl)C1. The molecule has 0 aromatic heterocycles. The van der Waals surface area contributed by atoms with Crippen LogP contribution in [-0.2, 0) is 11.3 Å². The third kappa shape index (κ3) is 4.92. The summed E-state index contributed by atoms with van der Waals surface area (Å²) >= 11 is 18.2. The van der Waals surface area contributed by atoms with Crippen LogP contribution < -0.4 is 5.32 Å². The summed E-state index contributed by atoms with van der Waals surface area (Å²) in [6.45, 7) is 4.34. The lowest BCUT2D eigenvalue weighted by Gasteiger charge is -2.32. The van der Waals surface area contributed by atoms with E-state index in [2.05, 4.69) is 10.2 Å². The minimum absolute atomic E-state index is 0.0371. The van der Waals surface area contributed by atoms with Gasteiger partial charge in [-0.05, 0) is 67.8 Å². The molecule has 0 saturated carbocycles. The van der Waals surface area contributed by atoms with E-state index in [9.17, 15) is 4.79 Å². The second-order valence-electron chi connectivity index (χ2n) is 6.76. The Labute approximate surface area is 169 Å². The van der Waals surface area contributed by atoms with Crippen LogP contribution >= 0.6 is 34.8 Å². The first-order valence-electron chi connectivity index (χ1n) is 8.65. The molecule has 138 valence electrons. The third-order valence-corrected chi connectivity index (χ3v) is 5.55. The Kier molecular flexibility index (Phi) is 6.46. The molecular weight excluding hydrogens is 391 g/mol. The highest BCUT2D eigenvalue weighted by molar-refractivity contribution is 6.35. The van der Waals surface area contributed by atoms with Crippen molar-refractivity contribution in [2.24, 2.45) is 5.92 Å². The lowest BCUT2D eigenvalue weighted by Crippen LogP contribution is -2.40. The highest BCUT2D eigenvalue weighted by Crippen LogP contribution is 2.26. The molecule has 3 rings (SSSR count). The van der Waals surface area contributed by atoms with Crippen LogP contribution in [0.25, 0.3) is 0 Å². The van der Waals surface area contributed by atoms with Crippen LogP contribution in [0.3, 0.4) is 0 Å². The van der Waals surface area contributed by atoms with Gasteiger partial charge < -0.3 is 5.32 Å². The molecule has 1 fully saturated rings. The highest BCUT2D eigenvalue weighted by atomic mass is 35.5. The first-order valence-corrected chi connectivity index (χ1v) is 9.79. The zero-order valence-electron chi connectivity index (χ0n) is 14.6. The van der Waals surface area contributed by atoms with Crippen molar-refractivity contribution in [3.63, 3.8) is 0 Å². The van der Waals surface area contributed by atoms with Crippen LogP contribution in [-0.4, -0.2) is 23.9 Å². The summed E-state index contributed by atoms with van der Waals surface area (Å²) < 4.78 is 0. The summed E-state index contributed by atoms with van der Waals surface area (Å²) in [5.74, 6) is 0.0206. The number of hydrogen-bond donors (Lipinski definition) is 1. The molecule has 1 aliphatic rings. The molecule has 6 heteroatoms. The van der Waals surface area contributed by atoms with Crippen molar-refractivity contribution in [1.82, 2.24) is 4.90 Å². The zero-order chi connectivity index (χ0) is 18.7. The van der Waals surface area contributed by atoms with E-state index < -0.39 is 0 Å². The van der Waals surface area contributed by atoms with Gasteiger partial charge in [-0.1, -0.05) is 40.9 Å². The smallest absolute Gasteiger partial charge is 0.228 e. The van der Waals surface area contributed by atoms with Crippen molar-refractivity contribution in [3.05, 3.63) is 62.6 Å². The fraction of sp³-hybridized carbons (Fsp3) is 0.350. The maximum absolute atomic E-state index is 12.7. The van der Waals surface area contributed by atoms with E-state index in [1.54, 1.807) is 12.1 Å².